The highest BCUT2D eigenvalue weighted by Crippen LogP contribution is 2.32. The van der Waals surface area contributed by atoms with Crippen molar-refractivity contribution in [3.8, 4) is 11.1 Å². The van der Waals surface area contributed by atoms with Gasteiger partial charge in [-0.25, -0.2) is 4.39 Å². The van der Waals surface area contributed by atoms with Gasteiger partial charge in [-0.1, -0.05) is 61.4 Å². The number of halogens is 1. The minimum atomic E-state index is -0.352. The fraction of sp³-hybridized carbons (Fsp3) is 0.250. The van der Waals surface area contributed by atoms with Gasteiger partial charge >= 0.3 is 0 Å². The van der Waals surface area contributed by atoms with Gasteiger partial charge in [0.15, 0.2) is 0 Å². The molecule has 3 aromatic carbocycles. The second kappa shape index (κ2) is 9.51. The lowest BCUT2D eigenvalue weighted by Crippen LogP contribution is -1.96. The lowest BCUT2D eigenvalue weighted by Gasteiger charge is -2.11. The molecule has 0 N–H and O–H groups in total. The fourth-order valence-electron chi connectivity index (χ4n) is 4.35. The molecule has 1 nitrogen and oxygen atoms in total. The Morgan fingerprint density at radius 3 is 2.52 bits per heavy atom. The van der Waals surface area contributed by atoms with Gasteiger partial charge in [0.2, 0.25) is 0 Å². The summed E-state index contributed by atoms with van der Waals surface area (Å²) in [5.41, 5.74) is 10.6. The number of nitrogens with zero attached hydrogens (tertiary/aromatic N) is 1. The highest BCUT2D eigenvalue weighted by Gasteiger charge is 2.13. The van der Waals surface area contributed by atoms with Gasteiger partial charge in [-0.2, -0.15) is 4.99 Å². The summed E-state index contributed by atoms with van der Waals surface area (Å²) >= 11 is 4.55. The van der Waals surface area contributed by atoms with E-state index in [1.54, 1.807) is 17.7 Å². The molecule has 0 radical (unpaired) electrons. The predicted molar refractivity (Wildman–Crippen MR) is 132 cm³/mol. The Balaban J connectivity index is 1.48. The summed E-state index contributed by atoms with van der Waals surface area (Å²) in [4.78, 5) is 3.74. The van der Waals surface area contributed by atoms with E-state index in [4.69, 9.17) is 0 Å². The van der Waals surface area contributed by atoms with Crippen molar-refractivity contribution in [1.29, 1.82) is 0 Å². The van der Waals surface area contributed by atoms with E-state index < -0.39 is 0 Å². The van der Waals surface area contributed by atoms with Gasteiger partial charge in [0.25, 0.3) is 0 Å². The first-order valence-electron chi connectivity index (χ1n) is 10.9. The molecule has 0 saturated heterocycles. The van der Waals surface area contributed by atoms with Crippen LogP contribution in [0.3, 0.4) is 0 Å². The quantitative estimate of drug-likeness (QED) is 0.274. The van der Waals surface area contributed by atoms with Crippen LogP contribution in [0, 0.1) is 12.7 Å². The van der Waals surface area contributed by atoms with Crippen LogP contribution in [0.1, 0.15) is 47.6 Å². The normalized spacial score (nSPS) is 12.3. The largest absolute Gasteiger partial charge is 0.205 e. The van der Waals surface area contributed by atoms with Crippen molar-refractivity contribution >= 4 is 29.1 Å². The number of rotatable bonds is 7. The van der Waals surface area contributed by atoms with E-state index in [1.165, 1.54) is 46.2 Å². The molecular weight excluding hydrogens is 401 g/mol. The average molecular weight is 428 g/mol. The third-order valence-corrected chi connectivity index (χ3v) is 6.12. The molecule has 1 aliphatic carbocycles. The molecule has 3 heteroatoms. The molecule has 0 spiro atoms. The van der Waals surface area contributed by atoms with Crippen molar-refractivity contribution in [2.45, 2.75) is 46.0 Å². The molecule has 156 valence electrons. The van der Waals surface area contributed by atoms with E-state index in [9.17, 15) is 4.39 Å². The first-order valence-corrected chi connectivity index (χ1v) is 11.3. The second-order valence-corrected chi connectivity index (χ2v) is 8.46. The summed E-state index contributed by atoms with van der Waals surface area (Å²) in [6.45, 7) is 4.39. The van der Waals surface area contributed by atoms with E-state index in [0.29, 0.717) is 0 Å². The van der Waals surface area contributed by atoms with Crippen LogP contribution in [0.15, 0.2) is 65.2 Å². The standard InChI is InChI=1S/C28H26FNS/c1-3-4-21-14-24-10-11-25(17-26(24)15-21)23-9-8-22(19(2)13-23)7-5-20-6-12-28(30-18-31)27(29)16-20/h6,8-13,15-17H,3-5,7,14H2,1-2H3. The Morgan fingerprint density at radius 2 is 1.77 bits per heavy atom. The second-order valence-electron chi connectivity index (χ2n) is 8.27. The molecule has 0 fully saturated rings. The van der Waals surface area contributed by atoms with Gasteiger partial charge in [-0.15, -0.1) is 0 Å². The lowest BCUT2D eigenvalue weighted by atomic mass is 9.94. The number of aliphatic imine (C=N–C) groups is 1. The maximum Gasteiger partial charge on any atom is 0.149 e. The summed E-state index contributed by atoms with van der Waals surface area (Å²) in [7, 11) is 0. The number of isothiocyanates is 1. The van der Waals surface area contributed by atoms with Crippen LogP contribution in [0.4, 0.5) is 10.1 Å². The zero-order chi connectivity index (χ0) is 21.8. The van der Waals surface area contributed by atoms with Crippen molar-refractivity contribution in [1.82, 2.24) is 0 Å². The van der Waals surface area contributed by atoms with Crippen molar-refractivity contribution in [2.24, 2.45) is 4.99 Å². The Labute approximate surface area is 189 Å². The molecule has 1 aliphatic rings. The zero-order valence-corrected chi connectivity index (χ0v) is 18.9. The third-order valence-electron chi connectivity index (χ3n) is 6.03. The zero-order valence-electron chi connectivity index (χ0n) is 18.0. The predicted octanol–water partition coefficient (Wildman–Crippen LogP) is 8.06. The SMILES string of the molecule is CCCC1=Cc2cc(-c3ccc(CCc4ccc(N=C=S)c(F)c4)c(C)c3)ccc2C1. The molecule has 0 heterocycles. The van der Waals surface area contributed by atoms with Gasteiger partial charge in [0.1, 0.15) is 11.5 Å². The molecule has 0 aromatic heterocycles. The van der Waals surface area contributed by atoms with Crippen LogP contribution in [-0.4, -0.2) is 5.16 Å². The first-order chi connectivity index (χ1) is 15.1. The summed E-state index contributed by atoms with van der Waals surface area (Å²) in [5, 5.41) is 2.21. The van der Waals surface area contributed by atoms with Crippen molar-refractivity contribution in [3.05, 3.63) is 93.8 Å². The Kier molecular flexibility index (Phi) is 6.56. The number of hydrogen-bond acceptors (Lipinski definition) is 2. The summed E-state index contributed by atoms with van der Waals surface area (Å²) < 4.78 is 14.1. The van der Waals surface area contributed by atoms with Crippen LogP contribution in [-0.2, 0) is 19.3 Å². The molecule has 0 bridgehead atoms. The van der Waals surface area contributed by atoms with E-state index in [0.717, 1.165) is 24.8 Å². The average Bonchev–Trinajstić information content (AvgIpc) is 3.16. The minimum Gasteiger partial charge on any atom is -0.205 e. The van der Waals surface area contributed by atoms with Gasteiger partial charge < -0.3 is 0 Å². The fourth-order valence-corrected chi connectivity index (χ4v) is 4.45. The van der Waals surface area contributed by atoms with Crippen LogP contribution < -0.4 is 0 Å². The maximum absolute atomic E-state index is 14.1. The van der Waals surface area contributed by atoms with E-state index in [-0.39, 0.29) is 11.5 Å². The summed E-state index contributed by atoms with van der Waals surface area (Å²) in [5.74, 6) is -0.352. The van der Waals surface area contributed by atoms with E-state index in [2.05, 4.69) is 78.7 Å². The minimum absolute atomic E-state index is 0.241. The summed E-state index contributed by atoms with van der Waals surface area (Å²) in [6, 6.07) is 18.6. The Bertz CT molecular complexity index is 1200. The Morgan fingerprint density at radius 1 is 0.968 bits per heavy atom. The van der Waals surface area contributed by atoms with Gasteiger partial charge in [-0.05, 0) is 102 Å². The van der Waals surface area contributed by atoms with Crippen LogP contribution in [0.2, 0.25) is 0 Å². The molecule has 3 aromatic rings. The molecule has 0 unspecified atom stereocenters. The first kappa shape index (κ1) is 21.4. The highest BCUT2D eigenvalue weighted by molar-refractivity contribution is 7.78. The van der Waals surface area contributed by atoms with Crippen molar-refractivity contribution in [2.75, 3.05) is 0 Å². The molecule has 4 rings (SSSR count). The molecule has 0 aliphatic heterocycles. The maximum atomic E-state index is 14.1. The van der Waals surface area contributed by atoms with Crippen LogP contribution in [0.25, 0.3) is 17.2 Å². The molecular formula is C28H26FNS. The van der Waals surface area contributed by atoms with Crippen molar-refractivity contribution < 1.29 is 4.39 Å². The number of thiocarbonyl (C=S) groups is 1. The molecule has 0 amide bonds. The van der Waals surface area contributed by atoms with Crippen LogP contribution in [0.5, 0.6) is 0 Å². The number of aryl methyl sites for hydroxylation is 3. The van der Waals surface area contributed by atoms with Crippen molar-refractivity contribution in [3.63, 3.8) is 0 Å². The van der Waals surface area contributed by atoms with E-state index in [1.807, 2.05) is 6.07 Å². The van der Waals surface area contributed by atoms with E-state index >= 15 is 0 Å². The number of hydrogen-bond donors (Lipinski definition) is 0. The van der Waals surface area contributed by atoms with Gasteiger partial charge in [-0.3, -0.25) is 0 Å². The number of allylic oxidation sites excluding steroid dienone is 1. The lowest BCUT2D eigenvalue weighted by molar-refractivity contribution is 0.627. The molecule has 0 saturated carbocycles. The topological polar surface area (TPSA) is 12.4 Å². The molecule has 31 heavy (non-hydrogen) atoms. The smallest absolute Gasteiger partial charge is 0.149 e. The monoisotopic (exact) mass is 427 g/mol. The summed E-state index contributed by atoms with van der Waals surface area (Å²) in [6.07, 6.45) is 7.50. The number of benzene rings is 3. The van der Waals surface area contributed by atoms with Crippen LogP contribution >= 0.6 is 12.2 Å². The molecule has 0 atom stereocenters. The van der Waals surface area contributed by atoms with Gasteiger partial charge in [0, 0.05) is 0 Å². The highest BCUT2D eigenvalue weighted by atomic mass is 32.1. The van der Waals surface area contributed by atoms with Gasteiger partial charge in [0.05, 0.1) is 5.16 Å². The number of fused-ring (bicyclic) bond motifs is 1. The third kappa shape index (κ3) is 4.90. The Hall–Kier alpha value is -2.87.